The van der Waals surface area contributed by atoms with E-state index < -0.39 is 0 Å². The molecule has 0 aliphatic carbocycles. The smallest absolute Gasteiger partial charge is 0.270 e. The second-order valence-corrected chi connectivity index (χ2v) is 3.66. The highest BCUT2D eigenvalue weighted by Crippen LogP contribution is 2.09. The SMILES string of the molecule is Cn1nnc(NC(=O)c2cccc(CCl)c2)n1. The number of nitrogens with zero attached hydrogens (tertiary/aromatic N) is 4. The summed E-state index contributed by atoms with van der Waals surface area (Å²) in [6.07, 6.45) is 0. The number of halogens is 1. The van der Waals surface area contributed by atoms with Gasteiger partial charge in [-0.3, -0.25) is 10.1 Å². The summed E-state index contributed by atoms with van der Waals surface area (Å²) >= 11 is 5.70. The summed E-state index contributed by atoms with van der Waals surface area (Å²) < 4.78 is 0. The molecule has 2 rings (SSSR count). The van der Waals surface area contributed by atoms with Crippen molar-refractivity contribution in [2.45, 2.75) is 5.88 Å². The zero-order valence-electron chi connectivity index (χ0n) is 9.09. The summed E-state index contributed by atoms with van der Waals surface area (Å²) in [5.41, 5.74) is 1.39. The fraction of sp³-hybridized carbons (Fsp3) is 0.200. The monoisotopic (exact) mass is 251 g/mol. The second-order valence-electron chi connectivity index (χ2n) is 3.39. The number of hydrogen-bond acceptors (Lipinski definition) is 4. The fourth-order valence-corrected chi connectivity index (χ4v) is 1.47. The molecule has 1 heterocycles. The number of aromatic nitrogens is 4. The molecule has 0 spiro atoms. The van der Waals surface area contributed by atoms with Crippen molar-refractivity contribution in [3.05, 3.63) is 35.4 Å². The Bertz CT molecular complexity index is 539. The quantitative estimate of drug-likeness (QED) is 0.832. The number of nitrogens with one attached hydrogen (secondary N) is 1. The van der Waals surface area contributed by atoms with Gasteiger partial charge in [-0.15, -0.1) is 16.7 Å². The molecule has 0 saturated heterocycles. The molecule has 1 N–H and O–H groups in total. The van der Waals surface area contributed by atoms with Gasteiger partial charge in [0.2, 0.25) is 0 Å². The predicted octanol–water partition coefficient (Wildman–Crippen LogP) is 1.20. The van der Waals surface area contributed by atoms with E-state index in [4.69, 9.17) is 11.6 Å². The van der Waals surface area contributed by atoms with E-state index in [1.165, 1.54) is 4.80 Å². The highest BCUT2D eigenvalue weighted by Gasteiger charge is 2.09. The van der Waals surface area contributed by atoms with E-state index >= 15 is 0 Å². The van der Waals surface area contributed by atoms with Gasteiger partial charge in [0, 0.05) is 11.4 Å². The molecule has 6 nitrogen and oxygen atoms in total. The lowest BCUT2D eigenvalue weighted by molar-refractivity contribution is 0.102. The first-order valence-electron chi connectivity index (χ1n) is 4.89. The van der Waals surface area contributed by atoms with E-state index in [1.54, 1.807) is 25.2 Å². The van der Waals surface area contributed by atoms with E-state index in [-0.39, 0.29) is 11.9 Å². The largest absolute Gasteiger partial charge is 0.288 e. The summed E-state index contributed by atoms with van der Waals surface area (Å²) in [5.74, 6) is 0.253. The third kappa shape index (κ3) is 2.79. The van der Waals surface area contributed by atoms with Crippen LogP contribution >= 0.6 is 11.6 Å². The van der Waals surface area contributed by atoms with Gasteiger partial charge in [-0.1, -0.05) is 17.2 Å². The van der Waals surface area contributed by atoms with Gasteiger partial charge in [0.25, 0.3) is 11.9 Å². The lowest BCUT2D eigenvalue weighted by atomic mass is 10.1. The van der Waals surface area contributed by atoms with Crippen molar-refractivity contribution >= 4 is 23.5 Å². The Morgan fingerprint density at radius 1 is 1.53 bits per heavy atom. The van der Waals surface area contributed by atoms with Crippen molar-refractivity contribution in [2.75, 3.05) is 5.32 Å². The maximum absolute atomic E-state index is 11.8. The lowest BCUT2D eigenvalue weighted by Crippen LogP contribution is -2.13. The van der Waals surface area contributed by atoms with Crippen molar-refractivity contribution in [3.63, 3.8) is 0 Å². The molecule has 0 saturated carbocycles. The zero-order chi connectivity index (χ0) is 12.3. The Labute approximate surface area is 103 Å². The van der Waals surface area contributed by atoms with Crippen molar-refractivity contribution in [1.29, 1.82) is 0 Å². The van der Waals surface area contributed by atoms with E-state index in [9.17, 15) is 4.79 Å². The molecule has 0 bridgehead atoms. The minimum Gasteiger partial charge on any atom is -0.288 e. The van der Waals surface area contributed by atoms with Crippen LogP contribution in [0.3, 0.4) is 0 Å². The Kier molecular flexibility index (Phi) is 3.34. The maximum Gasteiger partial charge on any atom is 0.270 e. The van der Waals surface area contributed by atoms with E-state index in [1.807, 2.05) is 6.07 Å². The first kappa shape index (κ1) is 11.5. The molecule has 0 fully saturated rings. The highest BCUT2D eigenvalue weighted by molar-refractivity contribution is 6.17. The van der Waals surface area contributed by atoms with Crippen molar-refractivity contribution < 1.29 is 4.79 Å². The minimum absolute atomic E-state index is 0.175. The van der Waals surface area contributed by atoms with E-state index in [0.717, 1.165) is 5.56 Å². The fourth-order valence-electron chi connectivity index (χ4n) is 1.30. The summed E-state index contributed by atoms with van der Waals surface area (Å²) in [6, 6.07) is 7.04. The molecule has 17 heavy (non-hydrogen) atoms. The normalized spacial score (nSPS) is 10.2. The molecule has 7 heteroatoms. The topological polar surface area (TPSA) is 72.7 Å². The van der Waals surface area contributed by atoms with Crippen LogP contribution in [0.2, 0.25) is 0 Å². The second kappa shape index (κ2) is 4.92. The van der Waals surface area contributed by atoms with Gasteiger partial charge >= 0.3 is 0 Å². The number of amides is 1. The Hall–Kier alpha value is -1.95. The average Bonchev–Trinajstić information content (AvgIpc) is 2.75. The summed E-state index contributed by atoms with van der Waals surface area (Å²) in [4.78, 5) is 13.1. The van der Waals surface area contributed by atoms with Crippen LogP contribution in [-0.4, -0.2) is 26.1 Å². The number of aryl methyl sites for hydroxylation is 1. The lowest BCUT2D eigenvalue weighted by Gasteiger charge is -2.02. The first-order chi connectivity index (χ1) is 8.19. The number of alkyl halides is 1. The highest BCUT2D eigenvalue weighted by atomic mass is 35.5. The molecule has 1 aromatic carbocycles. The number of carbonyl (C=O) groups excluding carboxylic acids is 1. The summed E-state index contributed by atoms with van der Waals surface area (Å²) in [5, 5.41) is 13.7. The molecule has 0 aliphatic heterocycles. The van der Waals surface area contributed by atoms with Crippen LogP contribution in [0, 0.1) is 0 Å². The molecule has 2 aromatic rings. The van der Waals surface area contributed by atoms with Crippen LogP contribution in [-0.2, 0) is 12.9 Å². The zero-order valence-corrected chi connectivity index (χ0v) is 9.85. The standard InChI is InChI=1S/C10H10ClN5O/c1-16-14-10(13-15-16)12-9(17)8-4-2-3-7(5-8)6-11/h2-5H,6H2,1H3,(H,12,14,17). The molecule has 1 aromatic heterocycles. The Balaban J connectivity index is 2.14. The van der Waals surface area contributed by atoms with Crippen LogP contribution in [0.15, 0.2) is 24.3 Å². The van der Waals surface area contributed by atoms with Crippen LogP contribution in [0.5, 0.6) is 0 Å². The molecule has 1 amide bonds. The van der Waals surface area contributed by atoms with Gasteiger partial charge in [-0.25, -0.2) is 0 Å². The van der Waals surface area contributed by atoms with Gasteiger partial charge < -0.3 is 0 Å². The van der Waals surface area contributed by atoms with Gasteiger partial charge in [0.1, 0.15) is 0 Å². The van der Waals surface area contributed by atoms with Crippen LogP contribution in [0.25, 0.3) is 0 Å². The molecular weight excluding hydrogens is 242 g/mol. The Morgan fingerprint density at radius 3 is 3.00 bits per heavy atom. The number of carbonyl (C=O) groups is 1. The molecular formula is C10H10ClN5O. The predicted molar refractivity (Wildman–Crippen MR) is 62.8 cm³/mol. The molecule has 0 unspecified atom stereocenters. The van der Waals surface area contributed by atoms with Crippen molar-refractivity contribution in [2.24, 2.45) is 7.05 Å². The molecule has 0 aliphatic rings. The third-order valence-electron chi connectivity index (χ3n) is 2.08. The van der Waals surface area contributed by atoms with E-state index in [0.29, 0.717) is 11.4 Å². The van der Waals surface area contributed by atoms with Crippen molar-refractivity contribution in [1.82, 2.24) is 20.2 Å². The maximum atomic E-state index is 11.8. The number of benzene rings is 1. The van der Waals surface area contributed by atoms with Gasteiger partial charge in [-0.05, 0) is 22.9 Å². The Morgan fingerprint density at radius 2 is 2.35 bits per heavy atom. The van der Waals surface area contributed by atoms with Gasteiger partial charge in [-0.2, -0.15) is 4.80 Å². The van der Waals surface area contributed by atoms with Gasteiger partial charge in [0.05, 0.1) is 7.05 Å². The summed E-state index contributed by atoms with van der Waals surface area (Å²) in [6.45, 7) is 0. The molecule has 0 atom stereocenters. The van der Waals surface area contributed by atoms with E-state index in [2.05, 4.69) is 20.7 Å². The third-order valence-corrected chi connectivity index (χ3v) is 2.39. The molecule has 88 valence electrons. The van der Waals surface area contributed by atoms with Crippen LogP contribution in [0.1, 0.15) is 15.9 Å². The number of rotatable bonds is 3. The van der Waals surface area contributed by atoms with Crippen LogP contribution in [0.4, 0.5) is 5.95 Å². The first-order valence-corrected chi connectivity index (χ1v) is 5.43. The summed E-state index contributed by atoms with van der Waals surface area (Å²) in [7, 11) is 1.62. The van der Waals surface area contributed by atoms with Gasteiger partial charge in [0.15, 0.2) is 0 Å². The molecule has 0 radical (unpaired) electrons. The number of hydrogen-bond donors (Lipinski definition) is 1. The average molecular weight is 252 g/mol. The minimum atomic E-state index is -0.287. The van der Waals surface area contributed by atoms with Crippen molar-refractivity contribution in [3.8, 4) is 0 Å². The number of tetrazole rings is 1. The number of anilines is 1. The van der Waals surface area contributed by atoms with Crippen LogP contribution < -0.4 is 5.32 Å².